The SMILES string of the molecule is CCCN(CCCC(C#N)(c1ccc(C(F)(F)F)cc1)C(C)C)CCc1ccccc1. The fourth-order valence-electron chi connectivity index (χ4n) is 4.14. The summed E-state index contributed by atoms with van der Waals surface area (Å²) in [4.78, 5) is 2.42. The van der Waals surface area contributed by atoms with E-state index >= 15 is 0 Å². The lowest BCUT2D eigenvalue weighted by Crippen LogP contribution is -2.34. The lowest BCUT2D eigenvalue weighted by atomic mass is 9.69. The van der Waals surface area contributed by atoms with Crippen molar-refractivity contribution in [2.75, 3.05) is 19.6 Å². The van der Waals surface area contributed by atoms with Gasteiger partial charge in [-0.1, -0.05) is 63.2 Å². The molecule has 0 N–H and O–H groups in total. The minimum absolute atomic E-state index is 0.00168. The molecule has 0 aromatic heterocycles. The molecule has 5 heteroatoms. The highest BCUT2D eigenvalue weighted by Gasteiger charge is 2.37. The van der Waals surface area contributed by atoms with E-state index in [0.29, 0.717) is 12.0 Å². The fraction of sp³-hybridized carbons (Fsp3) is 0.500. The minimum atomic E-state index is -4.37. The normalized spacial score (nSPS) is 13.9. The smallest absolute Gasteiger partial charge is 0.303 e. The molecule has 0 aliphatic heterocycles. The maximum atomic E-state index is 12.9. The zero-order valence-corrected chi connectivity index (χ0v) is 18.8. The lowest BCUT2D eigenvalue weighted by Gasteiger charge is -2.33. The average Bonchev–Trinajstić information content (AvgIpc) is 2.75. The van der Waals surface area contributed by atoms with E-state index in [4.69, 9.17) is 0 Å². The molecule has 0 aliphatic rings. The van der Waals surface area contributed by atoms with Crippen molar-refractivity contribution >= 4 is 0 Å². The summed E-state index contributed by atoms with van der Waals surface area (Å²) >= 11 is 0. The molecule has 0 heterocycles. The van der Waals surface area contributed by atoms with Gasteiger partial charge in [0.05, 0.1) is 17.0 Å². The molecule has 2 aromatic carbocycles. The summed E-state index contributed by atoms with van der Waals surface area (Å²) in [6, 6.07) is 18.0. The molecule has 168 valence electrons. The summed E-state index contributed by atoms with van der Waals surface area (Å²) in [6.45, 7) is 8.93. The molecule has 2 rings (SSSR count). The molecule has 1 unspecified atom stereocenters. The van der Waals surface area contributed by atoms with Crippen LogP contribution in [0.15, 0.2) is 54.6 Å². The number of alkyl halides is 3. The van der Waals surface area contributed by atoms with Gasteiger partial charge in [0.25, 0.3) is 0 Å². The highest BCUT2D eigenvalue weighted by molar-refractivity contribution is 5.36. The average molecular weight is 431 g/mol. The molecule has 2 aromatic rings. The van der Waals surface area contributed by atoms with Crippen LogP contribution in [-0.2, 0) is 18.0 Å². The van der Waals surface area contributed by atoms with E-state index in [-0.39, 0.29) is 5.92 Å². The molecule has 0 aliphatic carbocycles. The Labute approximate surface area is 184 Å². The number of benzene rings is 2. The van der Waals surface area contributed by atoms with E-state index in [0.717, 1.165) is 51.0 Å². The standard InChI is InChI=1S/C26H33F3N2/c1-4-17-31(19-15-22-9-6-5-7-10-22)18-8-16-25(20-30,21(2)3)23-11-13-24(14-12-23)26(27,28)29/h5-7,9-14,21H,4,8,15-19H2,1-3H3. The molecule has 0 amide bonds. The van der Waals surface area contributed by atoms with Gasteiger partial charge in [-0.15, -0.1) is 0 Å². The number of nitrogens with zero attached hydrogens (tertiary/aromatic N) is 2. The Kier molecular flexibility index (Phi) is 9.13. The summed E-state index contributed by atoms with van der Waals surface area (Å²) < 4.78 is 38.8. The van der Waals surface area contributed by atoms with E-state index in [9.17, 15) is 18.4 Å². The summed E-state index contributed by atoms with van der Waals surface area (Å²) in [7, 11) is 0. The van der Waals surface area contributed by atoms with Crippen LogP contribution in [0.1, 0.15) is 56.7 Å². The Morgan fingerprint density at radius 1 is 0.903 bits per heavy atom. The first kappa shape index (κ1) is 24.9. The number of hydrogen-bond donors (Lipinski definition) is 0. The van der Waals surface area contributed by atoms with E-state index in [2.05, 4.69) is 30.0 Å². The van der Waals surface area contributed by atoms with E-state index in [1.54, 1.807) is 0 Å². The van der Waals surface area contributed by atoms with Crippen molar-refractivity contribution in [2.45, 2.75) is 58.0 Å². The summed E-state index contributed by atoms with van der Waals surface area (Å²) in [5, 5.41) is 10.1. The van der Waals surface area contributed by atoms with Crippen LogP contribution in [0.3, 0.4) is 0 Å². The van der Waals surface area contributed by atoms with Gasteiger partial charge >= 0.3 is 6.18 Å². The Hall–Kier alpha value is -2.32. The molecule has 0 spiro atoms. The fourth-order valence-corrected chi connectivity index (χ4v) is 4.14. The molecule has 2 nitrogen and oxygen atoms in total. The minimum Gasteiger partial charge on any atom is -0.303 e. The van der Waals surface area contributed by atoms with Gasteiger partial charge in [-0.25, -0.2) is 0 Å². The van der Waals surface area contributed by atoms with Crippen molar-refractivity contribution in [3.63, 3.8) is 0 Å². The van der Waals surface area contributed by atoms with Gasteiger partial charge in [-0.2, -0.15) is 18.4 Å². The topological polar surface area (TPSA) is 27.0 Å². The summed E-state index contributed by atoms with van der Waals surface area (Å²) in [5.74, 6) is -0.00168. The van der Waals surface area contributed by atoms with Crippen molar-refractivity contribution in [3.05, 3.63) is 71.3 Å². The Morgan fingerprint density at radius 3 is 2.03 bits per heavy atom. The first-order valence-electron chi connectivity index (χ1n) is 11.1. The molecular formula is C26H33F3N2. The van der Waals surface area contributed by atoms with Gasteiger partial charge in [-0.3, -0.25) is 0 Å². The molecule has 0 fully saturated rings. The van der Waals surface area contributed by atoms with Crippen molar-refractivity contribution in [3.8, 4) is 6.07 Å². The van der Waals surface area contributed by atoms with Crippen molar-refractivity contribution < 1.29 is 13.2 Å². The molecule has 1 atom stereocenters. The van der Waals surface area contributed by atoms with Gasteiger partial charge in [0.2, 0.25) is 0 Å². The molecule has 0 radical (unpaired) electrons. The third-order valence-corrected chi connectivity index (χ3v) is 6.06. The number of nitriles is 1. The van der Waals surface area contributed by atoms with Crippen LogP contribution in [0.2, 0.25) is 0 Å². The van der Waals surface area contributed by atoms with Crippen LogP contribution < -0.4 is 0 Å². The second-order valence-electron chi connectivity index (χ2n) is 8.49. The Morgan fingerprint density at radius 2 is 1.52 bits per heavy atom. The van der Waals surface area contributed by atoms with Crippen molar-refractivity contribution in [2.24, 2.45) is 5.92 Å². The first-order valence-corrected chi connectivity index (χ1v) is 11.1. The van der Waals surface area contributed by atoms with Gasteiger partial charge < -0.3 is 4.90 Å². The largest absolute Gasteiger partial charge is 0.416 e. The second-order valence-corrected chi connectivity index (χ2v) is 8.49. The van der Waals surface area contributed by atoms with Gasteiger partial charge in [0.1, 0.15) is 0 Å². The zero-order chi connectivity index (χ0) is 22.9. The Balaban J connectivity index is 2.06. The quantitative estimate of drug-likeness (QED) is 0.389. The molecular weight excluding hydrogens is 397 g/mol. The Bertz CT molecular complexity index is 822. The van der Waals surface area contributed by atoms with Gasteiger partial charge in [-0.05, 0) is 68.0 Å². The molecule has 31 heavy (non-hydrogen) atoms. The van der Waals surface area contributed by atoms with Crippen LogP contribution in [0, 0.1) is 17.2 Å². The highest BCUT2D eigenvalue weighted by atomic mass is 19.4. The molecule has 0 saturated heterocycles. The molecule has 0 bridgehead atoms. The third-order valence-electron chi connectivity index (χ3n) is 6.06. The van der Waals surface area contributed by atoms with E-state index in [1.165, 1.54) is 17.7 Å². The van der Waals surface area contributed by atoms with Crippen molar-refractivity contribution in [1.29, 1.82) is 5.26 Å². The zero-order valence-electron chi connectivity index (χ0n) is 18.8. The second kappa shape index (κ2) is 11.3. The monoisotopic (exact) mass is 430 g/mol. The van der Waals surface area contributed by atoms with E-state index < -0.39 is 17.2 Å². The van der Waals surface area contributed by atoms with Crippen LogP contribution in [0.25, 0.3) is 0 Å². The predicted molar refractivity (Wildman–Crippen MR) is 120 cm³/mol. The predicted octanol–water partition coefficient (Wildman–Crippen LogP) is 6.86. The van der Waals surface area contributed by atoms with Gasteiger partial charge in [0, 0.05) is 6.54 Å². The maximum absolute atomic E-state index is 12.9. The number of halogens is 3. The maximum Gasteiger partial charge on any atom is 0.416 e. The van der Waals surface area contributed by atoms with Gasteiger partial charge in [0.15, 0.2) is 0 Å². The lowest BCUT2D eigenvalue weighted by molar-refractivity contribution is -0.137. The molecule has 0 saturated carbocycles. The third kappa shape index (κ3) is 6.83. The van der Waals surface area contributed by atoms with Crippen LogP contribution in [0.5, 0.6) is 0 Å². The van der Waals surface area contributed by atoms with Crippen LogP contribution >= 0.6 is 0 Å². The summed E-state index contributed by atoms with van der Waals surface area (Å²) in [6.07, 6.45) is -0.890. The number of rotatable bonds is 11. The van der Waals surface area contributed by atoms with Crippen LogP contribution in [0.4, 0.5) is 13.2 Å². The van der Waals surface area contributed by atoms with Crippen LogP contribution in [-0.4, -0.2) is 24.5 Å². The first-order chi connectivity index (χ1) is 14.7. The summed E-state index contributed by atoms with van der Waals surface area (Å²) in [5.41, 5.74) is 0.509. The number of hydrogen-bond acceptors (Lipinski definition) is 2. The van der Waals surface area contributed by atoms with E-state index in [1.807, 2.05) is 32.0 Å². The highest BCUT2D eigenvalue weighted by Crippen LogP contribution is 2.38. The van der Waals surface area contributed by atoms with Crippen molar-refractivity contribution in [1.82, 2.24) is 4.90 Å².